The molecule has 0 aliphatic heterocycles. The minimum atomic E-state index is -0.655. The normalized spacial score (nSPS) is 10.2. The van der Waals surface area contributed by atoms with Gasteiger partial charge in [-0.05, 0) is 36.4 Å². The first-order valence-electron chi connectivity index (χ1n) is 7.86. The van der Waals surface area contributed by atoms with Crippen LogP contribution in [0.2, 0.25) is 5.02 Å². The third kappa shape index (κ3) is 4.15. The van der Waals surface area contributed by atoms with Crippen LogP contribution in [0.4, 0.5) is 17.2 Å². The lowest BCUT2D eigenvalue weighted by atomic mass is 10.2. The summed E-state index contributed by atoms with van der Waals surface area (Å²) in [5.41, 5.74) is 0.298. The van der Waals surface area contributed by atoms with E-state index in [1.54, 1.807) is 24.3 Å². The third-order valence-electron chi connectivity index (χ3n) is 3.59. The first kappa shape index (κ1) is 19.1. The highest BCUT2D eigenvalue weighted by Gasteiger charge is 2.25. The molecule has 1 N–H and O–H groups in total. The summed E-state index contributed by atoms with van der Waals surface area (Å²) in [6.07, 6.45) is 1.13. The highest BCUT2D eigenvalue weighted by Crippen LogP contribution is 2.36. The largest absolute Gasteiger partial charge is 0.465 e. The zero-order valence-corrected chi connectivity index (χ0v) is 15.2. The van der Waals surface area contributed by atoms with Crippen LogP contribution in [0.1, 0.15) is 10.4 Å². The number of methoxy groups -OCH3 is 1. The molecular weight excluding hydrogens is 388 g/mol. The molecule has 2 aromatic carbocycles. The number of halogens is 1. The molecule has 0 saturated carbocycles. The molecule has 10 heteroatoms. The lowest BCUT2D eigenvalue weighted by molar-refractivity contribution is -0.385. The maximum absolute atomic E-state index is 11.6. The van der Waals surface area contributed by atoms with Gasteiger partial charge in [0.15, 0.2) is 0 Å². The smallest absolute Gasteiger partial charge is 0.373 e. The van der Waals surface area contributed by atoms with Gasteiger partial charge in [0.1, 0.15) is 12.1 Å². The molecule has 142 valence electrons. The molecule has 1 aromatic heterocycles. The van der Waals surface area contributed by atoms with E-state index in [-0.39, 0.29) is 17.4 Å². The fourth-order valence-corrected chi connectivity index (χ4v) is 2.46. The summed E-state index contributed by atoms with van der Waals surface area (Å²) < 4.78 is 10.1. The Morgan fingerprint density at radius 2 is 1.86 bits per heavy atom. The summed E-state index contributed by atoms with van der Waals surface area (Å²) >= 11 is 6.08. The Kier molecular flexibility index (Phi) is 5.66. The van der Waals surface area contributed by atoms with E-state index in [0.717, 1.165) is 6.33 Å². The number of rotatable bonds is 6. The molecule has 9 nitrogen and oxygen atoms in total. The molecule has 3 aromatic rings. The maximum Gasteiger partial charge on any atom is 0.373 e. The number of anilines is 2. The molecule has 0 unspecified atom stereocenters. The Morgan fingerprint density at radius 1 is 1.14 bits per heavy atom. The molecule has 28 heavy (non-hydrogen) atoms. The van der Waals surface area contributed by atoms with E-state index in [9.17, 15) is 14.9 Å². The Labute approximate surface area is 164 Å². The van der Waals surface area contributed by atoms with Crippen molar-refractivity contribution in [2.45, 2.75) is 0 Å². The molecule has 0 spiro atoms. The number of esters is 1. The van der Waals surface area contributed by atoms with E-state index in [0.29, 0.717) is 16.3 Å². The second-order valence-electron chi connectivity index (χ2n) is 5.36. The SMILES string of the molecule is COC(=O)c1ccc(Oc2ncnc(Nc3ccccc3Cl)c2[N+](=O)[O-])cc1. The summed E-state index contributed by atoms with van der Waals surface area (Å²) in [6.45, 7) is 0. The van der Waals surface area contributed by atoms with Gasteiger partial charge in [0.05, 0.1) is 28.3 Å². The van der Waals surface area contributed by atoms with Crippen LogP contribution in [0, 0.1) is 10.1 Å². The molecule has 1 heterocycles. The average Bonchev–Trinajstić information content (AvgIpc) is 2.69. The Hall–Kier alpha value is -3.72. The molecular formula is C18H13ClN4O5. The summed E-state index contributed by atoms with van der Waals surface area (Å²) in [7, 11) is 1.27. The van der Waals surface area contributed by atoms with Crippen LogP contribution in [0.25, 0.3) is 0 Å². The number of nitrogens with one attached hydrogen (secondary N) is 1. The number of para-hydroxylation sites is 1. The van der Waals surface area contributed by atoms with E-state index in [1.165, 1.54) is 31.4 Å². The number of ether oxygens (including phenoxy) is 2. The average molecular weight is 401 g/mol. The Balaban J connectivity index is 1.92. The van der Waals surface area contributed by atoms with Crippen LogP contribution < -0.4 is 10.1 Å². The van der Waals surface area contributed by atoms with Crippen LogP contribution in [0.5, 0.6) is 11.6 Å². The minimum absolute atomic E-state index is 0.0747. The van der Waals surface area contributed by atoms with Crippen molar-refractivity contribution < 1.29 is 19.2 Å². The third-order valence-corrected chi connectivity index (χ3v) is 3.92. The van der Waals surface area contributed by atoms with Crippen LogP contribution >= 0.6 is 11.6 Å². The summed E-state index contributed by atoms with van der Waals surface area (Å²) in [5.74, 6) is -0.599. The molecule has 0 fully saturated rings. The molecule has 0 aliphatic rings. The monoisotopic (exact) mass is 400 g/mol. The molecule has 0 aliphatic carbocycles. The molecule has 0 atom stereocenters. The van der Waals surface area contributed by atoms with Crippen LogP contribution in [0.15, 0.2) is 54.9 Å². The summed E-state index contributed by atoms with van der Waals surface area (Å²) in [6, 6.07) is 12.6. The summed E-state index contributed by atoms with van der Waals surface area (Å²) in [4.78, 5) is 30.2. The number of hydrogen-bond acceptors (Lipinski definition) is 8. The summed E-state index contributed by atoms with van der Waals surface area (Å²) in [5, 5.41) is 14.8. The highest BCUT2D eigenvalue weighted by molar-refractivity contribution is 6.33. The van der Waals surface area contributed by atoms with Gasteiger partial charge in [-0.3, -0.25) is 10.1 Å². The zero-order chi connectivity index (χ0) is 20.1. The maximum atomic E-state index is 11.6. The van der Waals surface area contributed by atoms with E-state index < -0.39 is 16.6 Å². The predicted molar refractivity (Wildman–Crippen MR) is 101 cm³/mol. The standard InChI is InChI=1S/C18H13ClN4O5/c1-27-18(24)11-6-8-12(9-7-11)28-17-15(23(25)26)16(20-10-21-17)22-14-5-3-2-4-13(14)19/h2-10H,1H3,(H,20,21,22). The van der Waals surface area contributed by atoms with Crippen molar-refractivity contribution in [1.82, 2.24) is 9.97 Å². The van der Waals surface area contributed by atoms with Crippen molar-refractivity contribution >= 4 is 34.8 Å². The topological polar surface area (TPSA) is 116 Å². The number of carbonyl (C=O) groups excluding carboxylic acids is 1. The predicted octanol–water partition coefficient (Wildman–Crippen LogP) is 4.36. The van der Waals surface area contributed by atoms with Crippen molar-refractivity contribution in [2.75, 3.05) is 12.4 Å². The Morgan fingerprint density at radius 3 is 2.50 bits per heavy atom. The first-order chi connectivity index (χ1) is 13.5. The fourth-order valence-electron chi connectivity index (χ4n) is 2.27. The van der Waals surface area contributed by atoms with Crippen molar-refractivity contribution in [1.29, 1.82) is 0 Å². The number of nitrogens with zero attached hydrogens (tertiary/aromatic N) is 3. The van der Waals surface area contributed by atoms with E-state index >= 15 is 0 Å². The number of benzene rings is 2. The van der Waals surface area contributed by atoms with E-state index in [1.807, 2.05) is 0 Å². The minimum Gasteiger partial charge on any atom is -0.465 e. The van der Waals surface area contributed by atoms with Gasteiger partial charge in [0, 0.05) is 0 Å². The van der Waals surface area contributed by atoms with Gasteiger partial charge in [-0.15, -0.1) is 0 Å². The molecule has 0 amide bonds. The van der Waals surface area contributed by atoms with Crippen LogP contribution in [-0.2, 0) is 4.74 Å². The quantitative estimate of drug-likeness (QED) is 0.368. The number of hydrogen-bond donors (Lipinski definition) is 1. The van der Waals surface area contributed by atoms with Crippen molar-refractivity contribution in [3.63, 3.8) is 0 Å². The highest BCUT2D eigenvalue weighted by atomic mass is 35.5. The molecule has 3 rings (SSSR count). The lowest BCUT2D eigenvalue weighted by Crippen LogP contribution is -2.04. The second kappa shape index (κ2) is 8.31. The van der Waals surface area contributed by atoms with Gasteiger partial charge in [0.25, 0.3) is 0 Å². The van der Waals surface area contributed by atoms with Crippen LogP contribution in [-0.4, -0.2) is 28.0 Å². The molecule has 0 bridgehead atoms. The van der Waals surface area contributed by atoms with Crippen LogP contribution in [0.3, 0.4) is 0 Å². The van der Waals surface area contributed by atoms with Gasteiger partial charge in [-0.1, -0.05) is 23.7 Å². The van der Waals surface area contributed by atoms with Gasteiger partial charge in [-0.25, -0.2) is 9.78 Å². The number of nitro groups is 1. The zero-order valence-electron chi connectivity index (χ0n) is 14.5. The van der Waals surface area contributed by atoms with E-state index in [4.69, 9.17) is 16.3 Å². The van der Waals surface area contributed by atoms with Gasteiger partial charge < -0.3 is 14.8 Å². The lowest BCUT2D eigenvalue weighted by Gasteiger charge is -2.10. The molecule has 0 saturated heterocycles. The van der Waals surface area contributed by atoms with Gasteiger partial charge in [-0.2, -0.15) is 4.98 Å². The van der Waals surface area contributed by atoms with Gasteiger partial charge >= 0.3 is 17.5 Å². The van der Waals surface area contributed by atoms with Crippen molar-refractivity contribution in [2.24, 2.45) is 0 Å². The fraction of sp³-hybridized carbons (Fsp3) is 0.0556. The van der Waals surface area contributed by atoms with Gasteiger partial charge in [0.2, 0.25) is 5.82 Å². The van der Waals surface area contributed by atoms with Crippen molar-refractivity contribution in [3.05, 3.63) is 75.6 Å². The first-order valence-corrected chi connectivity index (χ1v) is 8.24. The molecule has 0 radical (unpaired) electrons. The Bertz CT molecular complexity index is 1030. The number of aromatic nitrogens is 2. The number of carbonyl (C=O) groups is 1. The van der Waals surface area contributed by atoms with Crippen molar-refractivity contribution in [3.8, 4) is 11.6 Å². The van der Waals surface area contributed by atoms with E-state index in [2.05, 4.69) is 20.0 Å². The second-order valence-corrected chi connectivity index (χ2v) is 5.76.